The summed E-state index contributed by atoms with van der Waals surface area (Å²) in [6, 6.07) is 6.44. The van der Waals surface area contributed by atoms with Crippen LogP contribution in [0, 0.1) is 11.6 Å². The molecule has 1 aromatic carbocycles. The molecular formula is C17H12F2N4O2. The smallest absolute Gasteiger partial charge is 0.256 e. The molecule has 6 nitrogen and oxygen atoms in total. The molecule has 1 aliphatic heterocycles. The lowest BCUT2D eigenvalue weighted by Gasteiger charge is -2.37. The topological polar surface area (TPSA) is 72.1 Å². The van der Waals surface area contributed by atoms with Crippen molar-refractivity contribution in [2.45, 2.75) is 5.92 Å². The average Bonchev–Trinajstić information content (AvgIpc) is 3.04. The molecule has 0 unspecified atom stereocenters. The van der Waals surface area contributed by atoms with Crippen molar-refractivity contribution in [3.8, 4) is 11.4 Å². The molecule has 1 aliphatic rings. The van der Waals surface area contributed by atoms with E-state index in [1.54, 1.807) is 24.5 Å². The van der Waals surface area contributed by atoms with Crippen molar-refractivity contribution < 1.29 is 18.1 Å². The normalized spacial score (nSPS) is 14.4. The van der Waals surface area contributed by atoms with Gasteiger partial charge in [0.25, 0.3) is 5.91 Å². The highest BCUT2D eigenvalue weighted by molar-refractivity contribution is 5.95. The largest absolute Gasteiger partial charge is 0.339 e. The average molecular weight is 342 g/mol. The van der Waals surface area contributed by atoms with Gasteiger partial charge in [-0.05, 0) is 24.3 Å². The number of carbonyl (C=O) groups is 1. The summed E-state index contributed by atoms with van der Waals surface area (Å²) in [5, 5.41) is 3.92. The van der Waals surface area contributed by atoms with E-state index in [1.165, 1.54) is 4.90 Å². The zero-order valence-corrected chi connectivity index (χ0v) is 12.9. The van der Waals surface area contributed by atoms with Crippen molar-refractivity contribution >= 4 is 5.91 Å². The number of hydrogen-bond donors (Lipinski definition) is 0. The second kappa shape index (κ2) is 6.04. The van der Waals surface area contributed by atoms with Gasteiger partial charge in [0.1, 0.15) is 11.6 Å². The number of hydrogen-bond acceptors (Lipinski definition) is 5. The lowest BCUT2D eigenvalue weighted by atomic mass is 9.98. The fourth-order valence-electron chi connectivity index (χ4n) is 2.65. The van der Waals surface area contributed by atoms with E-state index in [2.05, 4.69) is 15.1 Å². The van der Waals surface area contributed by atoms with E-state index in [9.17, 15) is 13.6 Å². The third-order valence-corrected chi connectivity index (χ3v) is 4.06. The summed E-state index contributed by atoms with van der Waals surface area (Å²) in [6.07, 6.45) is 3.26. The number of halogens is 2. The van der Waals surface area contributed by atoms with E-state index in [-0.39, 0.29) is 11.5 Å². The number of nitrogens with zero attached hydrogens (tertiary/aromatic N) is 4. The van der Waals surface area contributed by atoms with Crippen LogP contribution in [-0.4, -0.2) is 39.0 Å². The molecule has 3 aromatic rings. The second-order valence-electron chi connectivity index (χ2n) is 5.72. The Labute approximate surface area is 141 Å². The lowest BCUT2D eigenvalue weighted by molar-refractivity contribution is 0.0564. The standard InChI is InChI=1S/C17H12F2N4O2/c18-12-1-2-13(14(19)7-12)17(24)23-8-11(9-23)16-21-15(22-25-16)10-3-5-20-6-4-10/h1-7,11H,8-9H2. The number of benzene rings is 1. The number of likely N-dealkylation sites (tertiary alicyclic amines) is 1. The van der Waals surface area contributed by atoms with E-state index in [1.807, 2.05) is 0 Å². The van der Waals surface area contributed by atoms with Gasteiger partial charge in [0.15, 0.2) is 0 Å². The maximum Gasteiger partial charge on any atom is 0.256 e. The number of rotatable bonds is 3. The number of aromatic nitrogens is 3. The minimum Gasteiger partial charge on any atom is -0.339 e. The minimum atomic E-state index is -0.869. The molecule has 25 heavy (non-hydrogen) atoms. The third-order valence-electron chi connectivity index (χ3n) is 4.06. The highest BCUT2D eigenvalue weighted by atomic mass is 19.1. The Morgan fingerprint density at radius 1 is 1.16 bits per heavy atom. The molecule has 1 amide bonds. The Balaban J connectivity index is 1.44. The molecular weight excluding hydrogens is 330 g/mol. The van der Waals surface area contributed by atoms with Crippen LogP contribution in [-0.2, 0) is 0 Å². The first-order chi connectivity index (χ1) is 12.1. The van der Waals surface area contributed by atoms with Crippen LogP contribution in [0.15, 0.2) is 47.2 Å². The lowest BCUT2D eigenvalue weighted by Crippen LogP contribution is -2.48. The van der Waals surface area contributed by atoms with Crippen LogP contribution >= 0.6 is 0 Å². The van der Waals surface area contributed by atoms with Crippen LogP contribution in [0.2, 0.25) is 0 Å². The molecule has 2 aromatic heterocycles. The molecule has 1 saturated heterocycles. The van der Waals surface area contributed by atoms with Gasteiger partial charge >= 0.3 is 0 Å². The van der Waals surface area contributed by atoms with Crippen LogP contribution in [0.3, 0.4) is 0 Å². The van der Waals surface area contributed by atoms with Gasteiger partial charge in [0, 0.05) is 37.1 Å². The number of carbonyl (C=O) groups excluding carboxylic acids is 1. The van der Waals surface area contributed by atoms with E-state index < -0.39 is 17.5 Å². The van der Waals surface area contributed by atoms with Gasteiger partial charge in [-0.1, -0.05) is 5.16 Å². The Morgan fingerprint density at radius 2 is 1.92 bits per heavy atom. The van der Waals surface area contributed by atoms with Gasteiger partial charge < -0.3 is 9.42 Å². The van der Waals surface area contributed by atoms with Crippen LogP contribution in [0.1, 0.15) is 22.2 Å². The third kappa shape index (κ3) is 2.86. The predicted molar refractivity (Wildman–Crippen MR) is 82.5 cm³/mol. The summed E-state index contributed by atoms with van der Waals surface area (Å²) in [4.78, 5) is 22.0. The zero-order valence-electron chi connectivity index (χ0n) is 12.9. The Morgan fingerprint density at radius 3 is 2.64 bits per heavy atom. The molecule has 1 fully saturated rings. The summed E-state index contributed by atoms with van der Waals surface area (Å²) in [7, 11) is 0. The molecule has 8 heteroatoms. The summed E-state index contributed by atoms with van der Waals surface area (Å²) in [5.74, 6) is -1.29. The van der Waals surface area contributed by atoms with Crippen LogP contribution in [0.5, 0.6) is 0 Å². The highest BCUT2D eigenvalue weighted by Crippen LogP contribution is 2.29. The molecule has 0 bridgehead atoms. The van der Waals surface area contributed by atoms with E-state index >= 15 is 0 Å². The van der Waals surface area contributed by atoms with Crippen molar-refractivity contribution in [2.75, 3.05) is 13.1 Å². The summed E-state index contributed by atoms with van der Waals surface area (Å²) in [5.41, 5.74) is 0.633. The maximum atomic E-state index is 13.7. The van der Waals surface area contributed by atoms with Gasteiger partial charge in [-0.15, -0.1) is 0 Å². The van der Waals surface area contributed by atoms with E-state index in [0.717, 1.165) is 17.7 Å². The van der Waals surface area contributed by atoms with Crippen molar-refractivity contribution in [1.82, 2.24) is 20.0 Å². The molecule has 0 aliphatic carbocycles. The minimum absolute atomic E-state index is 0.101. The zero-order chi connectivity index (χ0) is 17.4. The molecule has 0 saturated carbocycles. The van der Waals surface area contributed by atoms with Crippen molar-refractivity contribution in [3.05, 3.63) is 65.8 Å². The Bertz CT molecular complexity index is 923. The fourth-order valence-corrected chi connectivity index (χ4v) is 2.65. The van der Waals surface area contributed by atoms with Crippen molar-refractivity contribution in [2.24, 2.45) is 0 Å². The van der Waals surface area contributed by atoms with Crippen molar-refractivity contribution in [3.63, 3.8) is 0 Å². The van der Waals surface area contributed by atoms with Gasteiger partial charge in [0.2, 0.25) is 11.7 Å². The SMILES string of the molecule is O=C(c1ccc(F)cc1F)N1CC(c2nc(-c3ccncc3)no2)C1. The maximum absolute atomic E-state index is 13.7. The van der Waals surface area contributed by atoms with Crippen molar-refractivity contribution in [1.29, 1.82) is 0 Å². The molecule has 3 heterocycles. The van der Waals surface area contributed by atoms with E-state index in [4.69, 9.17) is 4.52 Å². The fraction of sp³-hybridized carbons (Fsp3) is 0.176. The Kier molecular flexibility index (Phi) is 3.72. The number of amides is 1. The molecule has 0 radical (unpaired) electrons. The molecule has 0 spiro atoms. The predicted octanol–water partition coefficient (Wildman–Crippen LogP) is 2.65. The Hall–Kier alpha value is -3.16. The molecule has 0 N–H and O–H groups in total. The van der Waals surface area contributed by atoms with Gasteiger partial charge in [0.05, 0.1) is 11.5 Å². The second-order valence-corrected chi connectivity index (χ2v) is 5.72. The molecule has 4 rings (SSSR count). The van der Waals surface area contributed by atoms with Crippen LogP contribution < -0.4 is 0 Å². The van der Waals surface area contributed by atoms with Crippen LogP contribution in [0.4, 0.5) is 8.78 Å². The highest BCUT2D eigenvalue weighted by Gasteiger charge is 2.36. The van der Waals surface area contributed by atoms with Crippen LogP contribution in [0.25, 0.3) is 11.4 Å². The first-order valence-corrected chi connectivity index (χ1v) is 7.60. The summed E-state index contributed by atoms with van der Waals surface area (Å²) < 4.78 is 31.9. The van der Waals surface area contributed by atoms with E-state index in [0.29, 0.717) is 30.9 Å². The summed E-state index contributed by atoms with van der Waals surface area (Å²) in [6.45, 7) is 0.682. The molecule has 0 atom stereocenters. The first-order valence-electron chi connectivity index (χ1n) is 7.60. The van der Waals surface area contributed by atoms with Gasteiger partial charge in [-0.2, -0.15) is 4.98 Å². The first kappa shape index (κ1) is 15.4. The quantitative estimate of drug-likeness (QED) is 0.732. The van der Waals surface area contributed by atoms with Gasteiger partial charge in [-0.3, -0.25) is 9.78 Å². The monoisotopic (exact) mass is 342 g/mol. The molecule has 126 valence electrons. The number of pyridine rings is 1. The van der Waals surface area contributed by atoms with Gasteiger partial charge in [-0.25, -0.2) is 8.78 Å². The summed E-state index contributed by atoms with van der Waals surface area (Å²) >= 11 is 0.